The molecule has 3 aromatic rings. The molecule has 4 rings (SSSR count). The van der Waals surface area contributed by atoms with Crippen molar-refractivity contribution < 1.29 is 23.1 Å². The topological polar surface area (TPSA) is 71.4 Å². The zero-order valence-electron chi connectivity index (χ0n) is 20.1. The molecular weight excluding hydrogens is 507 g/mol. The van der Waals surface area contributed by atoms with Crippen LogP contribution in [0.2, 0.25) is 5.02 Å². The number of hydrogen-bond acceptors (Lipinski definition) is 5. The molecule has 194 valence electrons. The van der Waals surface area contributed by atoms with Gasteiger partial charge in [0, 0.05) is 30.5 Å². The minimum absolute atomic E-state index is 0.0492. The summed E-state index contributed by atoms with van der Waals surface area (Å²) >= 11 is 5.95. The van der Waals surface area contributed by atoms with E-state index in [0.717, 1.165) is 33.8 Å². The highest BCUT2D eigenvalue weighted by molar-refractivity contribution is 6.30. The van der Waals surface area contributed by atoms with E-state index in [0.29, 0.717) is 5.02 Å². The molecule has 1 heterocycles. The van der Waals surface area contributed by atoms with E-state index in [1.807, 2.05) is 43.3 Å². The van der Waals surface area contributed by atoms with Crippen LogP contribution in [0.25, 0.3) is 0 Å². The second-order valence-corrected chi connectivity index (χ2v) is 9.15. The third-order valence-corrected chi connectivity index (χ3v) is 6.05. The van der Waals surface area contributed by atoms with E-state index in [4.69, 9.17) is 11.6 Å². The Balaban J connectivity index is 1.65. The number of urea groups is 1. The maximum Gasteiger partial charge on any atom is 0.416 e. The summed E-state index contributed by atoms with van der Waals surface area (Å²) in [6.07, 6.45) is -5.98. The largest absolute Gasteiger partial charge is 0.416 e. The molecule has 0 radical (unpaired) electrons. The Bertz CT molecular complexity index is 1280. The quantitative estimate of drug-likeness (QED) is 0.433. The van der Waals surface area contributed by atoms with E-state index in [9.17, 15) is 23.1 Å². The van der Waals surface area contributed by atoms with Gasteiger partial charge in [0.15, 0.2) is 0 Å². The molecule has 7 nitrogen and oxygen atoms in total. The Morgan fingerprint density at radius 3 is 2.16 bits per heavy atom. The third-order valence-electron chi connectivity index (χ3n) is 5.79. The zero-order chi connectivity index (χ0) is 26.7. The van der Waals surface area contributed by atoms with E-state index in [2.05, 4.69) is 10.3 Å². The Morgan fingerprint density at radius 2 is 1.57 bits per heavy atom. The Kier molecular flexibility index (Phi) is 7.60. The molecule has 1 aliphatic heterocycles. The molecule has 2 N–H and O–H groups in total. The maximum absolute atomic E-state index is 13.2. The van der Waals surface area contributed by atoms with Crippen molar-refractivity contribution in [1.82, 2.24) is 9.80 Å². The van der Waals surface area contributed by atoms with Crippen LogP contribution in [0.4, 0.5) is 29.3 Å². The minimum atomic E-state index is -4.54. The number of rotatable bonds is 6. The van der Waals surface area contributed by atoms with Crippen LogP contribution in [0.5, 0.6) is 0 Å². The summed E-state index contributed by atoms with van der Waals surface area (Å²) in [6.45, 7) is 0.178. The summed E-state index contributed by atoms with van der Waals surface area (Å²) in [7, 11) is 3.82. The van der Waals surface area contributed by atoms with E-state index in [-0.39, 0.29) is 24.7 Å². The number of nitrogens with zero attached hydrogens (tertiary/aromatic N) is 4. The van der Waals surface area contributed by atoms with Gasteiger partial charge in [-0.25, -0.2) is 4.79 Å². The van der Waals surface area contributed by atoms with Crippen molar-refractivity contribution in [3.05, 3.63) is 94.5 Å². The molecule has 11 heteroatoms. The lowest BCUT2D eigenvalue weighted by Gasteiger charge is -2.40. The summed E-state index contributed by atoms with van der Waals surface area (Å²) in [4.78, 5) is 21.5. The number of aliphatic imine (C=N–C) groups is 1. The molecule has 0 bridgehead atoms. The summed E-state index contributed by atoms with van der Waals surface area (Å²) in [5.41, 5.74) is 1.71. The van der Waals surface area contributed by atoms with Gasteiger partial charge in [0.25, 0.3) is 0 Å². The fraction of sp³-hybridized carbons (Fsp3) is 0.231. The standard InChI is InChI=1S/C26H25ClF3N5O2/c1-33(2)22-12-8-18(9-13-22)15-34-23(31-21-5-3-4-19(14-21)26(28,29)30)32-24(36)35(25(34)37)16-17-6-10-20(27)11-7-17/h3-14,25,37H,15-16H2,1-2H3,(H,31,32,36). The molecule has 1 aliphatic rings. The molecule has 2 amide bonds. The lowest BCUT2D eigenvalue weighted by Crippen LogP contribution is -2.57. The lowest BCUT2D eigenvalue weighted by atomic mass is 10.1. The van der Waals surface area contributed by atoms with Crippen molar-refractivity contribution in [2.45, 2.75) is 25.6 Å². The molecule has 3 aromatic carbocycles. The SMILES string of the molecule is CN(C)c1ccc(CN2C(Nc3cccc(C(F)(F)F)c3)=NC(=O)N(Cc3ccc(Cl)cc3)C2O)cc1. The molecule has 1 unspecified atom stereocenters. The van der Waals surface area contributed by atoms with Gasteiger partial charge in [-0.2, -0.15) is 18.2 Å². The van der Waals surface area contributed by atoms with Crippen LogP contribution < -0.4 is 10.2 Å². The number of hydrogen-bond donors (Lipinski definition) is 2. The Hall–Kier alpha value is -3.76. The highest BCUT2D eigenvalue weighted by atomic mass is 35.5. The van der Waals surface area contributed by atoms with E-state index >= 15 is 0 Å². The lowest BCUT2D eigenvalue weighted by molar-refractivity contribution is -0.137. The van der Waals surface area contributed by atoms with Crippen LogP contribution in [-0.2, 0) is 19.3 Å². The van der Waals surface area contributed by atoms with Gasteiger partial charge in [0.05, 0.1) is 18.7 Å². The highest BCUT2D eigenvalue weighted by Crippen LogP contribution is 2.31. The Morgan fingerprint density at radius 1 is 0.973 bits per heavy atom. The van der Waals surface area contributed by atoms with Gasteiger partial charge in [0.1, 0.15) is 0 Å². The number of guanidine groups is 1. The number of alkyl halides is 3. The van der Waals surface area contributed by atoms with Crippen LogP contribution in [0.15, 0.2) is 77.8 Å². The second-order valence-electron chi connectivity index (χ2n) is 8.71. The molecule has 1 atom stereocenters. The van der Waals surface area contributed by atoms with Gasteiger partial charge in [0.2, 0.25) is 12.3 Å². The number of aliphatic hydroxyl groups is 1. The Labute approximate surface area is 217 Å². The fourth-order valence-electron chi connectivity index (χ4n) is 3.79. The number of nitrogens with one attached hydrogen (secondary N) is 1. The van der Waals surface area contributed by atoms with Gasteiger partial charge in [-0.1, -0.05) is 41.9 Å². The number of anilines is 2. The van der Waals surface area contributed by atoms with Crippen LogP contribution >= 0.6 is 11.6 Å². The molecule has 0 saturated carbocycles. The van der Waals surface area contributed by atoms with E-state index in [1.54, 1.807) is 24.3 Å². The van der Waals surface area contributed by atoms with Gasteiger partial charge < -0.3 is 15.3 Å². The normalized spacial score (nSPS) is 16.0. The van der Waals surface area contributed by atoms with Gasteiger partial charge in [-0.3, -0.25) is 9.80 Å². The maximum atomic E-state index is 13.2. The number of carbonyl (C=O) groups excluding carboxylic acids is 1. The van der Waals surface area contributed by atoms with Crippen molar-refractivity contribution >= 4 is 35.0 Å². The van der Waals surface area contributed by atoms with Crippen LogP contribution in [-0.4, -0.2) is 47.3 Å². The van der Waals surface area contributed by atoms with Crippen LogP contribution in [0, 0.1) is 0 Å². The predicted octanol–water partition coefficient (Wildman–Crippen LogP) is 5.61. The third kappa shape index (κ3) is 6.33. The van der Waals surface area contributed by atoms with Gasteiger partial charge in [-0.05, 0) is 53.6 Å². The molecule has 0 aliphatic carbocycles. The smallest absolute Gasteiger partial charge is 0.378 e. The van der Waals surface area contributed by atoms with Crippen LogP contribution in [0.3, 0.4) is 0 Å². The zero-order valence-corrected chi connectivity index (χ0v) is 20.8. The second kappa shape index (κ2) is 10.7. The average Bonchev–Trinajstić information content (AvgIpc) is 2.85. The molecule has 0 aromatic heterocycles. The summed E-state index contributed by atoms with van der Waals surface area (Å²) < 4.78 is 39.7. The summed E-state index contributed by atoms with van der Waals surface area (Å²) in [5.74, 6) is -0.0686. The predicted molar refractivity (Wildman–Crippen MR) is 137 cm³/mol. The first-order valence-electron chi connectivity index (χ1n) is 11.3. The van der Waals surface area contributed by atoms with Gasteiger partial charge >= 0.3 is 12.2 Å². The highest BCUT2D eigenvalue weighted by Gasteiger charge is 2.36. The van der Waals surface area contributed by atoms with Crippen molar-refractivity contribution in [1.29, 1.82) is 0 Å². The number of carbonyl (C=O) groups is 1. The monoisotopic (exact) mass is 531 g/mol. The molecule has 0 spiro atoms. The number of benzene rings is 3. The summed E-state index contributed by atoms with van der Waals surface area (Å²) in [6, 6.07) is 18.2. The molecule has 0 saturated heterocycles. The average molecular weight is 532 g/mol. The number of amides is 2. The first kappa shape index (κ1) is 26.3. The first-order chi connectivity index (χ1) is 17.5. The van der Waals surface area contributed by atoms with E-state index < -0.39 is 24.1 Å². The number of aliphatic hydroxyl groups excluding tert-OH is 1. The molecular formula is C26H25ClF3N5O2. The minimum Gasteiger partial charge on any atom is -0.378 e. The molecule has 37 heavy (non-hydrogen) atoms. The van der Waals surface area contributed by atoms with Crippen molar-refractivity contribution in [3.63, 3.8) is 0 Å². The fourth-order valence-corrected chi connectivity index (χ4v) is 3.91. The molecule has 0 fully saturated rings. The summed E-state index contributed by atoms with van der Waals surface area (Å²) in [5, 5.41) is 14.6. The first-order valence-corrected chi connectivity index (χ1v) is 11.7. The van der Waals surface area contributed by atoms with Crippen molar-refractivity contribution in [3.8, 4) is 0 Å². The van der Waals surface area contributed by atoms with Crippen LogP contribution in [0.1, 0.15) is 16.7 Å². The van der Waals surface area contributed by atoms with Crippen molar-refractivity contribution in [2.75, 3.05) is 24.3 Å². The van der Waals surface area contributed by atoms with Gasteiger partial charge in [-0.15, -0.1) is 0 Å². The van der Waals surface area contributed by atoms with E-state index in [1.165, 1.54) is 17.0 Å². The van der Waals surface area contributed by atoms with Crippen molar-refractivity contribution in [2.24, 2.45) is 4.99 Å². The number of halogens is 4.